The number of likely N-dealkylation sites (N-methyl/N-ethyl adjacent to an activating group) is 1. The van der Waals surface area contributed by atoms with E-state index in [1.807, 2.05) is 6.07 Å². The third-order valence-corrected chi connectivity index (χ3v) is 3.92. The fourth-order valence-electron chi connectivity index (χ4n) is 2.95. The zero-order valence-electron chi connectivity index (χ0n) is 11.6. The van der Waals surface area contributed by atoms with Crippen molar-refractivity contribution in [3.8, 4) is 0 Å². The van der Waals surface area contributed by atoms with Crippen molar-refractivity contribution in [1.29, 1.82) is 0 Å². The molecule has 0 saturated carbocycles. The van der Waals surface area contributed by atoms with Crippen molar-refractivity contribution in [2.45, 2.75) is 19.4 Å². The minimum absolute atomic E-state index is 0.176. The highest BCUT2D eigenvalue weighted by atomic mass is 19.1. The Hall–Kier alpha value is -2.03. The Morgan fingerprint density at radius 1 is 1.20 bits per heavy atom. The molecule has 20 heavy (non-hydrogen) atoms. The molecule has 1 aliphatic rings. The lowest BCUT2D eigenvalue weighted by Gasteiger charge is -2.36. The second-order valence-electron chi connectivity index (χ2n) is 5.16. The zero-order valence-corrected chi connectivity index (χ0v) is 11.6. The van der Waals surface area contributed by atoms with E-state index in [4.69, 9.17) is 0 Å². The van der Waals surface area contributed by atoms with Crippen molar-refractivity contribution in [3.05, 3.63) is 59.9 Å². The quantitative estimate of drug-likeness (QED) is 0.915. The predicted molar refractivity (Wildman–Crippen MR) is 81.8 cm³/mol. The number of hydrogen-bond acceptors (Lipinski definition) is 2. The number of anilines is 2. The average molecular weight is 270 g/mol. The average Bonchev–Trinajstić information content (AvgIpc) is 2.48. The molecule has 2 nitrogen and oxygen atoms in total. The van der Waals surface area contributed by atoms with E-state index in [9.17, 15) is 4.39 Å². The molecule has 1 atom stereocenters. The SMILES string of the molecule is CCN(c1cccc(F)c1)C1CNc2ccccc2C1. The highest BCUT2D eigenvalue weighted by Gasteiger charge is 2.23. The van der Waals surface area contributed by atoms with Gasteiger partial charge < -0.3 is 10.2 Å². The minimum Gasteiger partial charge on any atom is -0.383 e. The summed E-state index contributed by atoms with van der Waals surface area (Å²) < 4.78 is 13.4. The molecule has 1 heterocycles. The lowest BCUT2D eigenvalue weighted by Crippen LogP contribution is -2.44. The Kier molecular flexibility index (Phi) is 3.59. The molecule has 2 aromatic carbocycles. The molecule has 0 spiro atoms. The number of para-hydroxylation sites is 1. The normalized spacial score (nSPS) is 17.2. The van der Waals surface area contributed by atoms with Crippen LogP contribution in [-0.2, 0) is 6.42 Å². The van der Waals surface area contributed by atoms with Gasteiger partial charge in [-0.15, -0.1) is 0 Å². The first-order chi connectivity index (χ1) is 9.78. The van der Waals surface area contributed by atoms with Crippen LogP contribution in [0.4, 0.5) is 15.8 Å². The number of hydrogen-bond donors (Lipinski definition) is 1. The third-order valence-electron chi connectivity index (χ3n) is 3.92. The molecule has 0 saturated heterocycles. The number of benzene rings is 2. The molecule has 0 radical (unpaired) electrons. The predicted octanol–water partition coefficient (Wildman–Crippen LogP) is 3.69. The lowest BCUT2D eigenvalue weighted by molar-refractivity contribution is 0.597. The van der Waals surface area contributed by atoms with Gasteiger partial charge in [-0.05, 0) is 43.2 Å². The molecule has 1 aliphatic heterocycles. The molecule has 3 rings (SSSR count). The first kappa shape index (κ1) is 13.0. The van der Waals surface area contributed by atoms with Gasteiger partial charge >= 0.3 is 0 Å². The summed E-state index contributed by atoms with van der Waals surface area (Å²) >= 11 is 0. The maximum Gasteiger partial charge on any atom is 0.125 e. The van der Waals surface area contributed by atoms with Crippen LogP contribution in [0.25, 0.3) is 0 Å². The van der Waals surface area contributed by atoms with Gasteiger partial charge in [-0.2, -0.15) is 0 Å². The number of halogens is 1. The second-order valence-corrected chi connectivity index (χ2v) is 5.16. The van der Waals surface area contributed by atoms with E-state index in [1.165, 1.54) is 17.3 Å². The van der Waals surface area contributed by atoms with Crippen LogP contribution in [0.15, 0.2) is 48.5 Å². The zero-order chi connectivity index (χ0) is 13.9. The van der Waals surface area contributed by atoms with Crippen LogP contribution in [0, 0.1) is 5.82 Å². The summed E-state index contributed by atoms with van der Waals surface area (Å²) in [5.74, 6) is -0.176. The Morgan fingerprint density at radius 2 is 2.05 bits per heavy atom. The van der Waals surface area contributed by atoms with E-state index in [0.717, 1.165) is 25.2 Å². The number of nitrogens with one attached hydrogen (secondary N) is 1. The molecule has 0 aliphatic carbocycles. The Balaban J connectivity index is 1.85. The van der Waals surface area contributed by atoms with E-state index in [1.54, 1.807) is 12.1 Å². The monoisotopic (exact) mass is 270 g/mol. The summed E-state index contributed by atoms with van der Waals surface area (Å²) in [6.07, 6.45) is 0.994. The first-order valence-electron chi connectivity index (χ1n) is 7.12. The van der Waals surface area contributed by atoms with Gasteiger partial charge in [-0.3, -0.25) is 0 Å². The molecule has 2 aromatic rings. The highest BCUT2D eigenvalue weighted by Crippen LogP contribution is 2.26. The van der Waals surface area contributed by atoms with Gasteiger partial charge in [0.25, 0.3) is 0 Å². The van der Waals surface area contributed by atoms with Gasteiger partial charge in [0.2, 0.25) is 0 Å². The van der Waals surface area contributed by atoms with Gasteiger partial charge in [0, 0.05) is 24.5 Å². The van der Waals surface area contributed by atoms with Crippen LogP contribution in [0.2, 0.25) is 0 Å². The van der Waals surface area contributed by atoms with E-state index in [-0.39, 0.29) is 5.82 Å². The third kappa shape index (κ3) is 2.48. The minimum atomic E-state index is -0.176. The van der Waals surface area contributed by atoms with E-state index < -0.39 is 0 Å². The Bertz CT molecular complexity index is 597. The summed E-state index contributed by atoms with van der Waals surface area (Å²) in [5, 5.41) is 3.48. The molecule has 0 bridgehead atoms. The lowest BCUT2D eigenvalue weighted by atomic mass is 9.98. The van der Waals surface area contributed by atoms with Gasteiger partial charge in [0.1, 0.15) is 5.82 Å². The van der Waals surface area contributed by atoms with Crippen molar-refractivity contribution in [2.24, 2.45) is 0 Å². The maximum absolute atomic E-state index is 13.4. The van der Waals surface area contributed by atoms with Gasteiger partial charge in [-0.1, -0.05) is 24.3 Å². The van der Waals surface area contributed by atoms with Crippen LogP contribution >= 0.6 is 0 Å². The van der Waals surface area contributed by atoms with E-state index in [0.29, 0.717) is 6.04 Å². The standard InChI is InChI=1S/C17H19FN2/c1-2-20(15-8-5-7-14(18)11-15)16-10-13-6-3-4-9-17(13)19-12-16/h3-9,11,16,19H,2,10,12H2,1H3. The molecule has 1 unspecified atom stereocenters. The number of nitrogens with zero attached hydrogens (tertiary/aromatic N) is 1. The van der Waals surface area contributed by atoms with Crippen LogP contribution in [-0.4, -0.2) is 19.1 Å². The molecule has 0 amide bonds. The number of rotatable bonds is 3. The molecule has 3 heteroatoms. The Labute approximate surface area is 119 Å². The summed E-state index contributed by atoms with van der Waals surface area (Å²) in [4.78, 5) is 2.27. The molecule has 104 valence electrons. The fraction of sp³-hybridized carbons (Fsp3) is 0.294. The van der Waals surface area contributed by atoms with Crippen LogP contribution in [0.1, 0.15) is 12.5 Å². The van der Waals surface area contributed by atoms with Crippen molar-refractivity contribution in [3.63, 3.8) is 0 Å². The molecule has 1 N–H and O–H groups in total. The van der Waals surface area contributed by atoms with Crippen molar-refractivity contribution in [2.75, 3.05) is 23.3 Å². The van der Waals surface area contributed by atoms with E-state index in [2.05, 4.69) is 41.4 Å². The summed E-state index contributed by atoms with van der Waals surface area (Å²) in [6.45, 7) is 3.88. The van der Waals surface area contributed by atoms with Crippen molar-refractivity contribution >= 4 is 11.4 Å². The highest BCUT2D eigenvalue weighted by molar-refractivity contribution is 5.56. The second kappa shape index (κ2) is 5.53. The molecular formula is C17H19FN2. The summed E-state index contributed by atoms with van der Waals surface area (Å²) in [6, 6.07) is 15.6. The van der Waals surface area contributed by atoms with Crippen molar-refractivity contribution < 1.29 is 4.39 Å². The van der Waals surface area contributed by atoms with Crippen LogP contribution < -0.4 is 10.2 Å². The first-order valence-corrected chi connectivity index (χ1v) is 7.12. The van der Waals surface area contributed by atoms with Crippen LogP contribution in [0.3, 0.4) is 0 Å². The Morgan fingerprint density at radius 3 is 2.85 bits per heavy atom. The van der Waals surface area contributed by atoms with Crippen LogP contribution in [0.5, 0.6) is 0 Å². The van der Waals surface area contributed by atoms with Gasteiger partial charge in [-0.25, -0.2) is 4.39 Å². The summed E-state index contributed by atoms with van der Waals surface area (Å²) in [5.41, 5.74) is 3.51. The largest absolute Gasteiger partial charge is 0.383 e. The molecule has 0 aromatic heterocycles. The number of fused-ring (bicyclic) bond motifs is 1. The summed E-state index contributed by atoms with van der Waals surface area (Å²) in [7, 11) is 0. The van der Waals surface area contributed by atoms with Crippen molar-refractivity contribution in [1.82, 2.24) is 0 Å². The smallest absolute Gasteiger partial charge is 0.125 e. The van der Waals surface area contributed by atoms with Gasteiger partial charge in [0.05, 0.1) is 6.04 Å². The molecular weight excluding hydrogens is 251 g/mol. The fourth-order valence-corrected chi connectivity index (χ4v) is 2.95. The maximum atomic E-state index is 13.4. The van der Waals surface area contributed by atoms with E-state index >= 15 is 0 Å². The van der Waals surface area contributed by atoms with Gasteiger partial charge in [0.15, 0.2) is 0 Å². The topological polar surface area (TPSA) is 15.3 Å². The molecule has 0 fully saturated rings.